The van der Waals surface area contributed by atoms with Crippen LogP contribution in [0.1, 0.15) is 24.8 Å². The predicted octanol–water partition coefficient (Wildman–Crippen LogP) is 2.87. The van der Waals surface area contributed by atoms with Crippen LogP contribution in [0.2, 0.25) is 0 Å². The van der Waals surface area contributed by atoms with E-state index >= 15 is 0 Å². The molecule has 94 valence electrons. The Hall–Kier alpha value is -1.02. The van der Waals surface area contributed by atoms with Gasteiger partial charge < -0.3 is 10.1 Å². The summed E-state index contributed by atoms with van der Waals surface area (Å²) >= 11 is 0. The average molecular weight is 233 g/mol. The Morgan fingerprint density at radius 3 is 2.71 bits per heavy atom. The molecule has 0 aliphatic heterocycles. The van der Waals surface area contributed by atoms with Crippen molar-refractivity contribution in [2.75, 3.05) is 20.7 Å². The standard InChI is InChI=1S/C15H23NO/c1-16-11-14(12-7-5-8-12)10-13-6-3-4-9-15(13)17-2/h3-4,6,9,12,14,16H,5,7-8,10-11H2,1-2H3. The van der Waals surface area contributed by atoms with Crippen LogP contribution in [0.3, 0.4) is 0 Å². The van der Waals surface area contributed by atoms with E-state index in [1.165, 1.54) is 24.8 Å². The van der Waals surface area contributed by atoms with E-state index in [1.807, 2.05) is 13.1 Å². The van der Waals surface area contributed by atoms with Gasteiger partial charge in [-0.25, -0.2) is 0 Å². The first kappa shape index (κ1) is 12.4. The Morgan fingerprint density at radius 1 is 1.35 bits per heavy atom. The number of ether oxygens (including phenoxy) is 1. The van der Waals surface area contributed by atoms with Crippen LogP contribution in [0, 0.1) is 11.8 Å². The van der Waals surface area contributed by atoms with Gasteiger partial charge in [-0.1, -0.05) is 37.5 Å². The Labute approximate surface area is 104 Å². The van der Waals surface area contributed by atoms with Crippen LogP contribution in [0.4, 0.5) is 0 Å². The molecule has 1 aromatic carbocycles. The van der Waals surface area contributed by atoms with E-state index in [4.69, 9.17) is 4.74 Å². The second-order valence-corrected chi connectivity index (χ2v) is 5.02. The van der Waals surface area contributed by atoms with Crippen molar-refractivity contribution in [2.45, 2.75) is 25.7 Å². The molecule has 2 rings (SSSR count). The van der Waals surface area contributed by atoms with Gasteiger partial charge in [-0.15, -0.1) is 0 Å². The zero-order valence-electron chi connectivity index (χ0n) is 10.9. The highest BCUT2D eigenvalue weighted by Crippen LogP contribution is 2.36. The molecule has 1 atom stereocenters. The first-order valence-corrected chi connectivity index (χ1v) is 6.61. The third-order valence-corrected chi connectivity index (χ3v) is 3.96. The maximum atomic E-state index is 5.44. The highest BCUT2D eigenvalue weighted by molar-refractivity contribution is 5.33. The fourth-order valence-corrected chi connectivity index (χ4v) is 2.73. The lowest BCUT2D eigenvalue weighted by Crippen LogP contribution is -2.31. The third-order valence-electron chi connectivity index (χ3n) is 3.96. The summed E-state index contributed by atoms with van der Waals surface area (Å²) in [4.78, 5) is 0. The third kappa shape index (κ3) is 3.01. The lowest BCUT2D eigenvalue weighted by molar-refractivity contribution is 0.201. The smallest absolute Gasteiger partial charge is 0.122 e. The molecule has 1 aliphatic carbocycles. The molecule has 0 bridgehead atoms. The van der Waals surface area contributed by atoms with Gasteiger partial charge in [0.1, 0.15) is 5.75 Å². The Kier molecular flexibility index (Phi) is 4.43. The van der Waals surface area contributed by atoms with Crippen LogP contribution >= 0.6 is 0 Å². The van der Waals surface area contributed by atoms with Crippen LogP contribution in [-0.2, 0) is 6.42 Å². The number of para-hydroxylation sites is 1. The molecule has 0 spiro atoms. The first-order valence-electron chi connectivity index (χ1n) is 6.61. The van der Waals surface area contributed by atoms with E-state index in [2.05, 4.69) is 23.5 Å². The van der Waals surface area contributed by atoms with Gasteiger partial charge in [-0.3, -0.25) is 0 Å². The topological polar surface area (TPSA) is 21.3 Å². The van der Waals surface area contributed by atoms with Crippen LogP contribution in [-0.4, -0.2) is 20.7 Å². The summed E-state index contributed by atoms with van der Waals surface area (Å²) in [7, 11) is 3.81. The molecule has 0 saturated heterocycles. The van der Waals surface area contributed by atoms with Crippen molar-refractivity contribution < 1.29 is 4.74 Å². The number of methoxy groups -OCH3 is 1. The second-order valence-electron chi connectivity index (χ2n) is 5.02. The predicted molar refractivity (Wildman–Crippen MR) is 71.5 cm³/mol. The van der Waals surface area contributed by atoms with E-state index in [9.17, 15) is 0 Å². The van der Waals surface area contributed by atoms with Gasteiger partial charge >= 0.3 is 0 Å². The molecule has 1 fully saturated rings. The van der Waals surface area contributed by atoms with Crippen LogP contribution in [0.5, 0.6) is 5.75 Å². The van der Waals surface area contributed by atoms with Crippen molar-refractivity contribution >= 4 is 0 Å². The molecule has 1 N–H and O–H groups in total. The SMILES string of the molecule is CNCC(Cc1ccccc1OC)C1CCC1. The van der Waals surface area contributed by atoms with E-state index in [-0.39, 0.29) is 0 Å². The highest BCUT2D eigenvalue weighted by atomic mass is 16.5. The van der Waals surface area contributed by atoms with Gasteiger partial charge in [0.05, 0.1) is 7.11 Å². The quantitative estimate of drug-likeness (QED) is 0.815. The number of nitrogens with one attached hydrogen (secondary N) is 1. The van der Waals surface area contributed by atoms with Crippen LogP contribution < -0.4 is 10.1 Å². The number of hydrogen-bond donors (Lipinski definition) is 1. The van der Waals surface area contributed by atoms with Gasteiger partial charge in [0, 0.05) is 0 Å². The summed E-state index contributed by atoms with van der Waals surface area (Å²) in [6.07, 6.45) is 5.36. The maximum absolute atomic E-state index is 5.44. The van der Waals surface area contributed by atoms with Gasteiger partial charge in [-0.05, 0) is 43.5 Å². The molecule has 0 amide bonds. The van der Waals surface area contributed by atoms with Crippen molar-refractivity contribution in [3.05, 3.63) is 29.8 Å². The highest BCUT2D eigenvalue weighted by Gasteiger charge is 2.27. The Balaban J connectivity index is 2.05. The van der Waals surface area contributed by atoms with E-state index in [0.29, 0.717) is 0 Å². The molecule has 2 nitrogen and oxygen atoms in total. The minimum Gasteiger partial charge on any atom is -0.496 e. The fourth-order valence-electron chi connectivity index (χ4n) is 2.73. The molecule has 2 heteroatoms. The summed E-state index contributed by atoms with van der Waals surface area (Å²) in [5.41, 5.74) is 1.35. The van der Waals surface area contributed by atoms with Crippen LogP contribution in [0.25, 0.3) is 0 Å². The molecular formula is C15H23NO. The van der Waals surface area contributed by atoms with Crippen molar-refractivity contribution in [1.82, 2.24) is 5.32 Å². The summed E-state index contributed by atoms with van der Waals surface area (Å²) < 4.78 is 5.44. The van der Waals surface area contributed by atoms with Crippen molar-refractivity contribution in [3.8, 4) is 5.75 Å². The Morgan fingerprint density at radius 2 is 2.12 bits per heavy atom. The zero-order valence-corrected chi connectivity index (χ0v) is 10.9. The van der Waals surface area contributed by atoms with Crippen LogP contribution in [0.15, 0.2) is 24.3 Å². The lowest BCUT2D eigenvalue weighted by Gasteiger charge is -2.34. The summed E-state index contributed by atoms with van der Waals surface area (Å²) in [6.45, 7) is 1.11. The minimum absolute atomic E-state index is 0.755. The molecule has 1 aliphatic rings. The normalized spacial score (nSPS) is 17.5. The van der Waals surface area contributed by atoms with E-state index in [0.717, 1.165) is 30.6 Å². The maximum Gasteiger partial charge on any atom is 0.122 e. The van der Waals surface area contributed by atoms with Gasteiger partial charge in [0.2, 0.25) is 0 Å². The molecule has 1 saturated carbocycles. The van der Waals surface area contributed by atoms with Crippen molar-refractivity contribution in [3.63, 3.8) is 0 Å². The molecule has 0 radical (unpaired) electrons. The van der Waals surface area contributed by atoms with Crippen molar-refractivity contribution in [1.29, 1.82) is 0 Å². The fraction of sp³-hybridized carbons (Fsp3) is 0.600. The summed E-state index contributed by atoms with van der Waals surface area (Å²) in [5.74, 6) is 2.70. The van der Waals surface area contributed by atoms with E-state index in [1.54, 1.807) is 7.11 Å². The molecule has 0 heterocycles. The second kappa shape index (κ2) is 6.06. The number of benzene rings is 1. The number of rotatable bonds is 6. The molecule has 0 aromatic heterocycles. The largest absolute Gasteiger partial charge is 0.496 e. The summed E-state index contributed by atoms with van der Waals surface area (Å²) in [5, 5.41) is 3.33. The van der Waals surface area contributed by atoms with Gasteiger partial charge in [0.15, 0.2) is 0 Å². The molecule has 17 heavy (non-hydrogen) atoms. The van der Waals surface area contributed by atoms with E-state index < -0.39 is 0 Å². The average Bonchev–Trinajstić information content (AvgIpc) is 2.28. The van der Waals surface area contributed by atoms with Gasteiger partial charge in [-0.2, -0.15) is 0 Å². The minimum atomic E-state index is 0.755. The molecule has 1 aromatic rings. The number of hydrogen-bond acceptors (Lipinski definition) is 2. The Bertz CT molecular complexity index is 347. The van der Waals surface area contributed by atoms with Crippen molar-refractivity contribution in [2.24, 2.45) is 11.8 Å². The molecular weight excluding hydrogens is 210 g/mol. The zero-order chi connectivity index (χ0) is 12.1. The monoisotopic (exact) mass is 233 g/mol. The van der Waals surface area contributed by atoms with Gasteiger partial charge in [0.25, 0.3) is 0 Å². The summed E-state index contributed by atoms with van der Waals surface area (Å²) in [6, 6.07) is 8.40. The molecule has 1 unspecified atom stereocenters. The first-order chi connectivity index (χ1) is 8.35. The lowest BCUT2D eigenvalue weighted by atomic mass is 9.73.